The minimum absolute atomic E-state index is 0.00143. The number of hydrogen-bond acceptors (Lipinski definition) is 3. The van der Waals surface area contributed by atoms with Crippen molar-refractivity contribution in [1.82, 2.24) is 14.7 Å². The van der Waals surface area contributed by atoms with Gasteiger partial charge in [0, 0.05) is 61.8 Å². The number of alkyl halides is 6. The van der Waals surface area contributed by atoms with E-state index in [1.54, 1.807) is 24.3 Å². The number of likely N-dealkylation sites (tertiary alicyclic amines) is 2. The van der Waals surface area contributed by atoms with Gasteiger partial charge in [-0.25, -0.2) is 4.79 Å². The Kier molecular flexibility index (Phi) is 8.60. The van der Waals surface area contributed by atoms with E-state index in [0.717, 1.165) is 5.56 Å². The molecule has 218 valence electrons. The van der Waals surface area contributed by atoms with E-state index in [1.807, 2.05) is 0 Å². The fourth-order valence-electron chi connectivity index (χ4n) is 5.65. The van der Waals surface area contributed by atoms with Crippen LogP contribution in [0.25, 0.3) is 0 Å². The summed E-state index contributed by atoms with van der Waals surface area (Å²) < 4.78 is 80.5. The van der Waals surface area contributed by atoms with Crippen LogP contribution in [-0.2, 0) is 12.4 Å². The van der Waals surface area contributed by atoms with Crippen LogP contribution in [0.3, 0.4) is 0 Å². The SMILES string of the molecule is CN(C(=O)c1cc(C(F)(F)F)cc(C(F)(F)F)c1)C1CCN(C2CCN(C(=O)O)CC2)CC1c1ccc(Cl)cc1. The molecule has 0 spiro atoms. The molecule has 0 aromatic heterocycles. The van der Waals surface area contributed by atoms with Gasteiger partial charge in [-0.2, -0.15) is 26.3 Å². The summed E-state index contributed by atoms with van der Waals surface area (Å²) in [5, 5.41) is 9.74. The molecule has 40 heavy (non-hydrogen) atoms. The number of benzene rings is 2. The van der Waals surface area contributed by atoms with Crippen LogP contribution in [0, 0.1) is 0 Å². The van der Waals surface area contributed by atoms with Gasteiger partial charge in [0.25, 0.3) is 5.91 Å². The summed E-state index contributed by atoms with van der Waals surface area (Å²) in [4.78, 5) is 29.5. The van der Waals surface area contributed by atoms with E-state index >= 15 is 0 Å². The molecule has 2 aliphatic heterocycles. The lowest BCUT2D eigenvalue weighted by Gasteiger charge is -2.47. The Morgan fingerprint density at radius 3 is 1.95 bits per heavy atom. The maximum atomic E-state index is 13.4. The minimum atomic E-state index is -5.07. The van der Waals surface area contributed by atoms with Crippen molar-refractivity contribution in [3.05, 3.63) is 69.7 Å². The van der Waals surface area contributed by atoms with Crippen molar-refractivity contribution in [3.63, 3.8) is 0 Å². The molecule has 2 aromatic rings. The molecular formula is C27H28ClF6N3O3. The fraction of sp³-hybridized carbons (Fsp3) is 0.481. The lowest BCUT2D eigenvalue weighted by molar-refractivity contribution is -0.143. The lowest BCUT2D eigenvalue weighted by Crippen LogP contribution is -2.55. The Hall–Kier alpha value is -2.99. The highest BCUT2D eigenvalue weighted by molar-refractivity contribution is 6.30. The standard InChI is InChI=1S/C27H28ClF6N3O3/c1-35(24(38)17-12-18(26(29,30)31)14-19(13-17)27(32,33)34)23-8-11-37(21-6-9-36(10-7-21)25(39)40)15-22(23)16-2-4-20(28)5-3-16/h2-5,12-14,21-23H,6-11,15H2,1H3,(H,39,40). The van der Waals surface area contributed by atoms with Crippen molar-refractivity contribution in [2.45, 2.75) is 49.6 Å². The van der Waals surface area contributed by atoms with Gasteiger partial charge >= 0.3 is 18.4 Å². The molecule has 0 aliphatic carbocycles. The van der Waals surface area contributed by atoms with Gasteiger partial charge in [0.15, 0.2) is 0 Å². The molecule has 1 N–H and O–H groups in total. The highest BCUT2D eigenvalue weighted by Crippen LogP contribution is 2.38. The Morgan fingerprint density at radius 1 is 0.900 bits per heavy atom. The number of nitrogens with zero attached hydrogens (tertiary/aromatic N) is 3. The van der Waals surface area contributed by atoms with Crippen LogP contribution in [0.15, 0.2) is 42.5 Å². The molecule has 0 bridgehead atoms. The van der Waals surface area contributed by atoms with Crippen LogP contribution in [0.5, 0.6) is 0 Å². The smallest absolute Gasteiger partial charge is 0.416 e. The van der Waals surface area contributed by atoms with Gasteiger partial charge in [-0.3, -0.25) is 9.69 Å². The second kappa shape index (κ2) is 11.5. The summed E-state index contributed by atoms with van der Waals surface area (Å²) in [6.45, 7) is 1.78. The first-order valence-corrected chi connectivity index (χ1v) is 13.1. The maximum Gasteiger partial charge on any atom is 0.416 e. The third-order valence-corrected chi connectivity index (χ3v) is 8.06. The zero-order valence-corrected chi connectivity index (χ0v) is 22.2. The van der Waals surface area contributed by atoms with E-state index in [2.05, 4.69) is 4.90 Å². The molecule has 4 rings (SSSR count). The number of amides is 2. The molecule has 2 aliphatic rings. The van der Waals surface area contributed by atoms with Crippen LogP contribution in [0.2, 0.25) is 5.02 Å². The zero-order chi connectivity index (χ0) is 29.4. The molecule has 6 nitrogen and oxygen atoms in total. The fourth-order valence-corrected chi connectivity index (χ4v) is 5.78. The third-order valence-electron chi connectivity index (χ3n) is 7.81. The average Bonchev–Trinajstić information content (AvgIpc) is 2.91. The van der Waals surface area contributed by atoms with Crippen molar-refractivity contribution in [2.24, 2.45) is 0 Å². The van der Waals surface area contributed by atoms with E-state index in [0.29, 0.717) is 62.6 Å². The second-order valence-electron chi connectivity index (χ2n) is 10.2. The molecule has 13 heteroatoms. The van der Waals surface area contributed by atoms with Crippen molar-refractivity contribution in [1.29, 1.82) is 0 Å². The summed E-state index contributed by atoms with van der Waals surface area (Å²) in [5.41, 5.74) is -2.96. The van der Waals surface area contributed by atoms with Gasteiger partial charge in [-0.15, -0.1) is 0 Å². The molecule has 0 saturated carbocycles. The minimum Gasteiger partial charge on any atom is -0.465 e. The lowest BCUT2D eigenvalue weighted by atomic mass is 9.83. The number of carboxylic acid groups (broad SMARTS) is 1. The number of carbonyl (C=O) groups is 2. The van der Waals surface area contributed by atoms with Gasteiger partial charge in [0.2, 0.25) is 0 Å². The molecule has 0 radical (unpaired) electrons. The predicted octanol–water partition coefficient (Wildman–Crippen LogP) is 6.45. The van der Waals surface area contributed by atoms with Gasteiger partial charge in [0.05, 0.1) is 11.1 Å². The van der Waals surface area contributed by atoms with Crippen molar-refractivity contribution in [2.75, 3.05) is 33.2 Å². The quantitative estimate of drug-likeness (QED) is 0.415. The zero-order valence-electron chi connectivity index (χ0n) is 21.5. The number of piperidine rings is 2. The molecule has 2 fully saturated rings. The Balaban J connectivity index is 1.62. The molecule has 2 unspecified atom stereocenters. The van der Waals surface area contributed by atoms with E-state index in [4.69, 9.17) is 11.6 Å². The Bertz CT molecular complexity index is 1200. The third kappa shape index (κ3) is 6.65. The molecule has 2 atom stereocenters. The maximum absolute atomic E-state index is 13.4. The highest BCUT2D eigenvalue weighted by Gasteiger charge is 2.41. The molecule has 2 heterocycles. The number of halogens is 7. The summed E-state index contributed by atoms with van der Waals surface area (Å²) in [6, 6.07) is 7.44. The van der Waals surface area contributed by atoms with Gasteiger partial charge in [0.1, 0.15) is 0 Å². The number of likely N-dealkylation sites (N-methyl/N-ethyl adjacent to an activating group) is 1. The van der Waals surface area contributed by atoms with Gasteiger partial charge < -0.3 is 14.9 Å². The van der Waals surface area contributed by atoms with Crippen LogP contribution in [0.4, 0.5) is 31.1 Å². The van der Waals surface area contributed by atoms with Crippen LogP contribution >= 0.6 is 11.6 Å². The van der Waals surface area contributed by atoms with Crippen molar-refractivity contribution >= 4 is 23.6 Å². The van der Waals surface area contributed by atoms with Crippen LogP contribution < -0.4 is 0 Å². The summed E-state index contributed by atoms with van der Waals surface area (Å²) in [5.74, 6) is -1.26. The highest BCUT2D eigenvalue weighted by atomic mass is 35.5. The summed E-state index contributed by atoms with van der Waals surface area (Å²) in [6.07, 6.45) is -9.43. The molecular weight excluding hydrogens is 564 g/mol. The predicted molar refractivity (Wildman–Crippen MR) is 135 cm³/mol. The van der Waals surface area contributed by atoms with E-state index in [1.165, 1.54) is 16.8 Å². The second-order valence-corrected chi connectivity index (χ2v) is 10.7. The van der Waals surface area contributed by atoms with E-state index < -0.39 is 47.1 Å². The molecule has 2 saturated heterocycles. The first kappa shape index (κ1) is 30.0. The number of carbonyl (C=O) groups excluding carboxylic acids is 1. The number of hydrogen-bond donors (Lipinski definition) is 1. The van der Waals surface area contributed by atoms with Gasteiger partial charge in [-0.1, -0.05) is 23.7 Å². The first-order chi connectivity index (χ1) is 18.6. The van der Waals surface area contributed by atoms with Gasteiger partial charge in [-0.05, 0) is 55.2 Å². The Morgan fingerprint density at radius 2 is 1.45 bits per heavy atom. The van der Waals surface area contributed by atoms with E-state index in [-0.39, 0.29) is 18.0 Å². The van der Waals surface area contributed by atoms with Crippen LogP contribution in [0.1, 0.15) is 52.2 Å². The van der Waals surface area contributed by atoms with Crippen LogP contribution in [-0.4, -0.2) is 77.1 Å². The summed E-state index contributed by atoms with van der Waals surface area (Å²) in [7, 11) is 1.39. The topological polar surface area (TPSA) is 64.1 Å². The summed E-state index contributed by atoms with van der Waals surface area (Å²) >= 11 is 6.06. The van der Waals surface area contributed by atoms with Crippen molar-refractivity contribution in [3.8, 4) is 0 Å². The molecule has 2 amide bonds. The number of rotatable bonds is 4. The average molecular weight is 592 g/mol. The normalized spacial score (nSPS) is 21.4. The monoisotopic (exact) mass is 591 g/mol. The van der Waals surface area contributed by atoms with Crippen molar-refractivity contribution < 1.29 is 41.0 Å². The first-order valence-electron chi connectivity index (χ1n) is 12.7. The van der Waals surface area contributed by atoms with E-state index in [9.17, 15) is 41.0 Å². The Labute approximate surface area is 232 Å². The molecule has 2 aromatic carbocycles. The largest absolute Gasteiger partial charge is 0.465 e.